The summed E-state index contributed by atoms with van der Waals surface area (Å²) in [5.41, 5.74) is 1.78. The fourth-order valence-electron chi connectivity index (χ4n) is 3.41. The van der Waals surface area contributed by atoms with Gasteiger partial charge in [0.1, 0.15) is 11.6 Å². The van der Waals surface area contributed by atoms with Crippen LogP contribution in [0.3, 0.4) is 0 Å². The molecule has 4 nitrogen and oxygen atoms in total. The molecule has 0 heterocycles. The molecular weight excluding hydrogens is 386 g/mol. The highest BCUT2D eigenvalue weighted by Crippen LogP contribution is 2.27. The zero-order chi connectivity index (χ0) is 21.5. The van der Waals surface area contributed by atoms with Gasteiger partial charge >= 0.3 is 0 Å². The summed E-state index contributed by atoms with van der Waals surface area (Å²) in [5.74, 6) is -3.02. The van der Waals surface area contributed by atoms with Crippen LogP contribution in [0.1, 0.15) is 34.3 Å². The molecule has 0 aromatic heterocycles. The lowest BCUT2D eigenvalue weighted by Crippen LogP contribution is -2.43. The average molecular weight is 408 g/mol. The minimum atomic E-state index is -0.977. The summed E-state index contributed by atoms with van der Waals surface area (Å²) in [6.45, 7) is 1.57. The quantitative estimate of drug-likeness (QED) is 0.620. The fourth-order valence-corrected chi connectivity index (χ4v) is 3.41. The first-order chi connectivity index (χ1) is 14.5. The number of rotatable bonds is 7. The maximum Gasteiger partial charge on any atom is 0.254 e. The second-order valence-electron chi connectivity index (χ2n) is 6.96. The molecule has 0 unspecified atom stereocenters. The summed E-state index contributed by atoms with van der Waals surface area (Å²) in [6.07, 6.45) is 0. The number of benzene rings is 3. The Kier molecular flexibility index (Phi) is 6.91. The van der Waals surface area contributed by atoms with E-state index in [2.05, 4.69) is 10.6 Å². The molecule has 3 aromatic carbocycles. The molecule has 0 radical (unpaired) electrons. The van der Waals surface area contributed by atoms with Crippen molar-refractivity contribution in [2.24, 2.45) is 0 Å². The number of nitrogens with one attached hydrogen (secondary N) is 2. The molecule has 154 valence electrons. The molecule has 30 heavy (non-hydrogen) atoms. The number of hydrogen-bond acceptors (Lipinski definition) is 2. The van der Waals surface area contributed by atoms with Gasteiger partial charge in [-0.05, 0) is 30.2 Å². The van der Waals surface area contributed by atoms with Crippen LogP contribution in [-0.4, -0.2) is 24.4 Å². The summed E-state index contributed by atoms with van der Waals surface area (Å²) in [7, 11) is 0. The van der Waals surface area contributed by atoms with Crippen LogP contribution >= 0.6 is 0 Å². The van der Waals surface area contributed by atoms with E-state index in [4.69, 9.17) is 0 Å². The summed E-state index contributed by atoms with van der Waals surface area (Å²) in [4.78, 5) is 24.5. The summed E-state index contributed by atoms with van der Waals surface area (Å²) in [5, 5.41) is 5.27. The average Bonchev–Trinajstić information content (AvgIpc) is 2.74. The van der Waals surface area contributed by atoms with Crippen LogP contribution in [0.2, 0.25) is 0 Å². The van der Waals surface area contributed by atoms with Crippen molar-refractivity contribution in [2.45, 2.75) is 18.9 Å². The molecular formula is C24H22F2N2O2. The molecule has 0 fully saturated rings. The Morgan fingerprint density at radius 3 is 1.97 bits per heavy atom. The van der Waals surface area contributed by atoms with E-state index in [-0.39, 0.29) is 24.1 Å². The van der Waals surface area contributed by atoms with E-state index in [0.717, 1.165) is 23.3 Å². The Morgan fingerprint density at radius 1 is 0.867 bits per heavy atom. The molecule has 3 aromatic rings. The van der Waals surface area contributed by atoms with Crippen molar-refractivity contribution < 1.29 is 18.4 Å². The molecule has 6 heteroatoms. The fraction of sp³-hybridized carbons (Fsp3) is 0.167. The van der Waals surface area contributed by atoms with Crippen LogP contribution in [0.5, 0.6) is 0 Å². The molecule has 3 rings (SSSR count). The van der Waals surface area contributed by atoms with Gasteiger partial charge in [0, 0.05) is 18.0 Å². The monoisotopic (exact) mass is 408 g/mol. The van der Waals surface area contributed by atoms with Crippen molar-refractivity contribution in [3.05, 3.63) is 107 Å². The van der Waals surface area contributed by atoms with Crippen LogP contribution < -0.4 is 10.6 Å². The van der Waals surface area contributed by atoms with Crippen LogP contribution in [0, 0.1) is 11.6 Å². The highest BCUT2D eigenvalue weighted by molar-refractivity contribution is 5.96. The minimum Gasteiger partial charge on any atom is -0.351 e. The van der Waals surface area contributed by atoms with Gasteiger partial charge in [-0.25, -0.2) is 8.78 Å². The summed E-state index contributed by atoms with van der Waals surface area (Å²) >= 11 is 0. The Bertz CT molecular complexity index is 971. The van der Waals surface area contributed by atoms with E-state index >= 15 is 0 Å². The van der Waals surface area contributed by atoms with E-state index in [1.165, 1.54) is 0 Å². The van der Waals surface area contributed by atoms with Crippen molar-refractivity contribution in [2.75, 3.05) is 6.54 Å². The lowest BCUT2D eigenvalue weighted by Gasteiger charge is -2.26. The van der Waals surface area contributed by atoms with Crippen molar-refractivity contribution in [1.29, 1.82) is 0 Å². The largest absolute Gasteiger partial charge is 0.351 e. The van der Waals surface area contributed by atoms with Crippen LogP contribution in [0.4, 0.5) is 8.78 Å². The Morgan fingerprint density at radius 2 is 1.43 bits per heavy atom. The van der Waals surface area contributed by atoms with Crippen molar-refractivity contribution >= 4 is 11.8 Å². The van der Waals surface area contributed by atoms with E-state index < -0.39 is 23.4 Å². The third-order valence-corrected chi connectivity index (χ3v) is 4.79. The summed E-state index contributed by atoms with van der Waals surface area (Å²) in [6, 6.07) is 22.0. The van der Waals surface area contributed by atoms with Crippen molar-refractivity contribution in [3.8, 4) is 0 Å². The van der Waals surface area contributed by atoms with Gasteiger partial charge < -0.3 is 10.6 Å². The Balaban J connectivity index is 1.66. The smallest absolute Gasteiger partial charge is 0.254 e. The zero-order valence-electron chi connectivity index (χ0n) is 16.4. The second kappa shape index (κ2) is 9.78. The number of carbonyl (C=O) groups excluding carboxylic acids is 2. The number of halogens is 2. The van der Waals surface area contributed by atoms with Crippen LogP contribution in [0.25, 0.3) is 0 Å². The molecule has 1 atom stereocenters. The number of amides is 2. The molecule has 0 aliphatic rings. The predicted molar refractivity (Wildman–Crippen MR) is 111 cm³/mol. The van der Waals surface area contributed by atoms with Gasteiger partial charge in [-0.2, -0.15) is 0 Å². The predicted octanol–water partition coefficient (Wildman–Crippen LogP) is 4.03. The van der Waals surface area contributed by atoms with E-state index in [1.807, 2.05) is 67.6 Å². The molecule has 2 N–H and O–H groups in total. The molecule has 0 spiro atoms. The van der Waals surface area contributed by atoms with Gasteiger partial charge in [0.05, 0.1) is 12.1 Å². The lowest BCUT2D eigenvalue weighted by molar-refractivity contribution is -0.120. The maximum atomic E-state index is 13.7. The van der Waals surface area contributed by atoms with Gasteiger partial charge in [-0.3, -0.25) is 9.59 Å². The lowest BCUT2D eigenvalue weighted by atomic mass is 9.86. The standard InChI is InChI=1S/C24H22F2N2O2/c1-16(23(17-8-4-2-5-9-17)18-10-6-3-7-11-18)28-22(29)15-27-24(30)20-13-12-19(25)14-21(20)26/h2-14,16,23H,15H2,1H3,(H,27,30)(H,28,29)/t16-/m0/s1. The van der Waals surface area contributed by atoms with Gasteiger partial charge in [-0.1, -0.05) is 60.7 Å². The zero-order valence-corrected chi connectivity index (χ0v) is 16.4. The van der Waals surface area contributed by atoms with Crippen LogP contribution in [-0.2, 0) is 4.79 Å². The maximum absolute atomic E-state index is 13.7. The van der Waals surface area contributed by atoms with Crippen LogP contribution in [0.15, 0.2) is 78.9 Å². The third kappa shape index (κ3) is 5.29. The molecule has 0 bridgehead atoms. The Hall–Kier alpha value is -3.54. The first-order valence-electron chi connectivity index (χ1n) is 9.58. The molecule has 0 aliphatic carbocycles. The topological polar surface area (TPSA) is 58.2 Å². The van der Waals surface area contributed by atoms with Gasteiger partial charge in [0.2, 0.25) is 5.91 Å². The van der Waals surface area contributed by atoms with Gasteiger partial charge in [0.25, 0.3) is 5.91 Å². The van der Waals surface area contributed by atoms with E-state index in [9.17, 15) is 18.4 Å². The SMILES string of the molecule is C[C@H](NC(=O)CNC(=O)c1ccc(F)cc1F)C(c1ccccc1)c1ccccc1. The number of hydrogen-bond donors (Lipinski definition) is 2. The first-order valence-corrected chi connectivity index (χ1v) is 9.58. The van der Waals surface area contributed by atoms with E-state index in [1.54, 1.807) is 0 Å². The normalized spacial score (nSPS) is 11.7. The summed E-state index contributed by atoms with van der Waals surface area (Å²) < 4.78 is 26.7. The number of carbonyl (C=O) groups is 2. The van der Waals surface area contributed by atoms with Crippen molar-refractivity contribution in [3.63, 3.8) is 0 Å². The molecule has 0 saturated heterocycles. The van der Waals surface area contributed by atoms with E-state index in [0.29, 0.717) is 6.07 Å². The Labute approximate surface area is 173 Å². The molecule has 0 saturated carbocycles. The third-order valence-electron chi connectivity index (χ3n) is 4.79. The van der Waals surface area contributed by atoms with Gasteiger partial charge in [0.15, 0.2) is 0 Å². The molecule has 2 amide bonds. The highest BCUT2D eigenvalue weighted by Gasteiger charge is 2.23. The minimum absolute atomic E-state index is 0.0819. The second-order valence-corrected chi connectivity index (χ2v) is 6.96. The first kappa shape index (κ1) is 21.2. The van der Waals surface area contributed by atoms with Crippen molar-refractivity contribution in [1.82, 2.24) is 10.6 Å². The molecule has 0 aliphatic heterocycles. The van der Waals surface area contributed by atoms with Gasteiger partial charge in [-0.15, -0.1) is 0 Å². The highest BCUT2D eigenvalue weighted by atomic mass is 19.1.